The maximum absolute atomic E-state index is 4.75. The van der Waals surface area contributed by atoms with Crippen molar-refractivity contribution in [2.45, 2.75) is 58.9 Å². The van der Waals surface area contributed by atoms with Gasteiger partial charge in [0.05, 0.1) is 0 Å². The molecular formula is C20H36IN5. The van der Waals surface area contributed by atoms with Crippen LogP contribution in [0.1, 0.15) is 52.9 Å². The quantitative estimate of drug-likeness (QED) is 0.259. The van der Waals surface area contributed by atoms with E-state index in [9.17, 15) is 0 Å². The number of halogens is 1. The molecule has 5 nitrogen and oxygen atoms in total. The lowest BCUT2D eigenvalue weighted by Gasteiger charge is -2.33. The average molecular weight is 473 g/mol. The number of nitrogens with zero attached hydrogens (tertiary/aromatic N) is 3. The molecule has 0 amide bonds. The van der Waals surface area contributed by atoms with Gasteiger partial charge >= 0.3 is 0 Å². The van der Waals surface area contributed by atoms with E-state index in [-0.39, 0.29) is 24.0 Å². The monoisotopic (exact) mass is 473 g/mol. The third-order valence-electron chi connectivity index (χ3n) is 4.61. The first-order valence-corrected chi connectivity index (χ1v) is 9.90. The van der Waals surface area contributed by atoms with Gasteiger partial charge in [0.15, 0.2) is 5.96 Å². The van der Waals surface area contributed by atoms with Crippen molar-refractivity contribution < 1.29 is 0 Å². The van der Waals surface area contributed by atoms with Gasteiger partial charge in [-0.1, -0.05) is 32.8 Å². The minimum absolute atomic E-state index is 0. The van der Waals surface area contributed by atoms with Crippen molar-refractivity contribution in [3.8, 4) is 0 Å². The largest absolute Gasteiger partial charge is 0.357 e. The maximum Gasteiger partial charge on any atom is 0.191 e. The molecule has 1 aromatic rings. The number of piperidine rings is 1. The standard InChI is InChI=1S/C20H35N5.HI/c1-4-21-20(23-14-7-5-9-17(2)3)24-18-11-15-25(16-12-18)19-10-6-8-13-22-19;/h6,8,10,13,17-18H,4-5,7,9,11-12,14-16H2,1-3H3,(H2,21,23,24);1H. The summed E-state index contributed by atoms with van der Waals surface area (Å²) in [5.41, 5.74) is 0. The molecule has 2 N–H and O–H groups in total. The zero-order valence-corrected chi connectivity index (χ0v) is 18.9. The van der Waals surface area contributed by atoms with Gasteiger partial charge in [0.25, 0.3) is 0 Å². The minimum atomic E-state index is 0. The fourth-order valence-electron chi connectivity index (χ4n) is 3.16. The van der Waals surface area contributed by atoms with Crippen molar-refractivity contribution in [1.29, 1.82) is 0 Å². The molecule has 0 bridgehead atoms. The summed E-state index contributed by atoms with van der Waals surface area (Å²) in [5, 5.41) is 7.01. The van der Waals surface area contributed by atoms with E-state index in [4.69, 9.17) is 4.99 Å². The van der Waals surface area contributed by atoms with Gasteiger partial charge in [-0.3, -0.25) is 4.99 Å². The summed E-state index contributed by atoms with van der Waals surface area (Å²) in [6, 6.07) is 6.62. The first-order valence-electron chi connectivity index (χ1n) is 9.90. The molecule has 26 heavy (non-hydrogen) atoms. The highest BCUT2D eigenvalue weighted by atomic mass is 127. The van der Waals surface area contributed by atoms with Gasteiger partial charge in [-0.25, -0.2) is 4.98 Å². The van der Waals surface area contributed by atoms with Gasteiger partial charge in [-0.2, -0.15) is 0 Å². The topological polar surface area (TPSA) is 52.6 Å². The molecule has 2 rings (SSSR count). The molecule has 0 aliphatic carbocycles. The molecule has 1 aliphatic heterocycles. The SMILES string of the molecule is CCNC(=NCCCCC(C)C)NC1CCN(c2ccccn2)CC1.I. The number of guanidine groups is 1. The zero-order chi connectivity index (χ0) is 17.9. The van der Waals surface area contributed by atoms with Crippen molar-refractivity contribution in [3.63, 3.8) is 0 Å². The van der Waals surface area contributed by atoms with Crippen molar-refractivity contribution in [2.24, 2.45) is 10.9 Å². The fraction of sp³-hybridized carbons (Fsp3) is 0.700. The second-order valence-electron chi connectivity index (χ2n) is 7.24. The highest BCUT2D eigenvalue weighted by molar-refractivity contribution is 14.0. The summed E-state index contributed by atoms with van der Waals surface area (Å²) >= 11 is 0. The molecule has 148 valence electrons. The number of aliphatic imine (C=N–C) groups is 1. The number of rotatable bonds is 8. The fourth-order valence-corrected chi connectivity index (χ4v) is 3.16. The van der Waals surface area contributed by atoms with Crippen LogP contribution in [0.4, 0.5) is 5.82 Å². The van der Waals surface area contributed by atoms with Crippen molar-refractivity contribution in [1.82, 2.24) is 15.6 Å². The van der Waals surface area contributed by atoms with Crippen LogP contribution in [0.25, 0.3) is 0 Å². The Morgan fingerprint density at radius 2 is 2.04 bits per heavy atom. The highest BCUT2D eigenvalue weighted by Crippen LogP contribution is 2.17. The molecule has 1 aromatic heterocycles. The van der Waals surface area contributed by atoms with Crippen LogP contribution in [-0.2, 0) is 0 Å². The van der Waals surface area contributed by atoms with Crippen molar-refractivity contribution in [3.05, 3.63) is 24.4 Å². The molecule has 0 saturated carbocycles. The number of pyridine rings is 1. The van der Waals surface area contributed by atoms with Gasteiger partial charge in [-0.05, 0) is 44.2 Å². The van der Waals surface area contributed by atoms with Gasteiger partial charge in [0, 0.05) is 38.4 Å². The predicted octanol–water partition coefficient (Wildman–Crippen LogP) is 4.05. The second-order valence-corrected chi connectivity index (χ2v) is 7.24. The number of hydrogen-bond donors (Lipinski definition) is 2. The molecule has 0 aromatic carbocycles. The number of unbranched alkanes of at least 4 members (excludes halogenated alkanes) is 1. The summed E-state index contributed by atoms with van der Waals surface area (Å²) in [5.74, 6) is 2.86. The van der Waals surface area contributed by atoms with E-state index in [1.165, 1.54) is 19.3 Å². The molecular weight excluding hydrogens is 437 g/mol. The molecule has 1 fully saturated rings. The maximum atomic E-state index is 4.75. The number of hydrogen-bond acceptors (Lipinski definition) is 3. The summed E-state index contributed by atoms with van der Waals surface area (Å²) in [7, 11) is 0. The molecule has 2 heterocycles. The van der Waals surface area contributed by atoms with Crippen LogP contribution in [0.2, 0.25) is 0 Å². The third-order valence-corrected chi connectivity index (χ3v) is 4.61. The number of nitrogens with one attached hydrogen (secondary N) is 2. The lowest BCUT2D eigenvalue weighted by molar-refractivity contribution is 0.459. The Bertz CT molecular complexity index is 498. The minimum Gasteiger partial charge on any atom is -0.357 e. The summed E-state index contributed by atoms with van der Waals surface area (Å²) in [4.78, 5) is 11.6. The molecule has 0 atom stereocenters. The molecule has 1 saturated heterocycles. The Morgan fingerprint density at radius 3 is 2.65 bits per heavy atom. The Kier molecular flexibility index (Phi) is 11.6. The smallest absolute Gasteiger partial charge is 0.191 e. The van der Waals surface area contributed by atoms with Crippen molar-refractivity contribution >= 4 is 35.8 Å². The van der Waals surface area contributed by atoms with Crippen LogP contribution in [0.3, 0.4) is 0 Å². The van der Waals surface area contributed by atoms with Crippen molar-refractivity contribution in [2.75, 3.05) is 31.1 Å². The Hall–Kier alpha value is -1.05. The molecule has 6 heteroatoms. The first kappa shape index (κ1) is 23.0. The van der Waals surface area contributed by atoms with Gasteiger partial charge in [0.1, 0.15) is 5.82 Å². The van der Waals surface area contributed by atoms with E-state index < -0.39 is 0 Å². The summed E-state index contributed by atoms with van der Waals surface area (Å²) < 4.78 is 0. The lowest BCUT2D eigenvalue weighted by Crippen LogP contribution is -2.49. The van der Waals surface area contributed by atoms with Gasteiger partial charge < -0.3 is 15.5 Å². The molecule has 0 radical (unpaired) electrons. The molecule has 1 aliphatic rings. The molecule has 0 unspecified atom stereocenters. The third kappa shape index (κ3) is 8.56. The first-order chi connectivity index (χ1) is 12.2. The van der Waals surface area contributed by atoms with Crippen LogP contribution in [0.15, 0.2) is 29.4 Å². The van der Waals surface area contributed by atoms with E-state index in [0.29, 0.717) is 6.04 Å². The Labute approximate surface area is 176 Å². The normalized spacial score (nSPS) is 15.7. The second kappa shape index (κ2) is 13.2. The van der Waals surface area contributed by atoms with E-state index in [1.807, 2.05) is 12.3 Å². The molecule has 0 spiro atoms. The number of aromatic nitrogens is 1. The van der Waals surface area contributed by atoms with Crippen LogP contribution >= 0.6 is 24.0 Å². The van der Waals surface area contributed by atoms with Crippen LogP contribution in [0, 0.1) is 5.92 Å². The van der Waals surface area contributed by atoms with E-state index in [0.717, 1.165) is 56.7 Å². The summed E-state index contributed by atoms with van der Waals surface area (Å²) in [6.07, 6.45) is 7.85. The van der Waals surface area contributed by atoms with E-state index in [2.05, 4.69) is 53.4 Å². The predicted molar refractivity (Wildman–Crippen MR) is 123 cm³/mol. The van der Waals surface area contributed by atoms with Gasteiger partial charge in [0.2, 0.25) is 0 Å². The van der Waals surface area contributed by atoms with Gasteiger partial charge in [-0.15, -0.1) is 24.0 Å². The van der Waals surface area contributed by atoms with E-state index >= 15 is 0 Å². The Balaban J connectivity index is 0.00000338. The van der Waals surface area contributed by atoms with Crippen LogP contribution in [-0.4, -0.2) is 43.2 Å². The highest BCUT2D eigenvalue weighted by Gasteiger charge is 2.20. The average Bonchev–Trinajstić information content (AvgIpc) is 2.62. The zero-order valence-electron chi connectivity index (χ0n) is 16.6. The van der Waals surface area contributed by atoms with E-state index in [1.54, 1.807) is 0 Å². The Morgan fingerprint density at radius 1 is 1.27 bits per heavy atom. The number of anilines is 1. The lowest BCUT2D eigenvalue weighted by atomic mass is 10.1. The van der Waals surface area contributed by atoms with Crippen LogP contribution < -0.4 is 15.5 Å². The van der Waals surface area contributed by atoms with Crippen LogP contribution in [0.5, 0.6) is 0 Å². The summed E-state index contributed by atoms with van der Waals surface area (Å²) in [6.45, 7) is 10.6.